The van der Waals surface area contributed by atoms with Crippen LogP contribution in [0.4, 0.5) is 4.39 Å². The molecule has 1 saturated heterocycles. The van der Waals surface area contributed by atoms with Gasteiger partial charge in [-0.05, 0) is 37.0 Å². The summed E-state index contributed by atoms with van der Waals surface area (Å²) in [5, 5.41) is 3.18. The lowest BCUT2D eigenvalue weighted by Crippen LogP contribution is -2.52. The van der Waals surface area contributed by atoms with E-state index in [0.29, 0.717) is 50.2 Å². The highest BCUT2D eigenvalue weighted by Gasteiger charge is 2.26. The van der Waals surface area contributed by atoms with E-state index < -0.39 is 5.82 Å². The molecule has 0 spiro atoms. The summed E-state index contributed by atoms with van der Waals surface area (Å²) < 4.78 is 13.3. The molecule has 6 heteroatoms. The van der Waals surface area contributed by atoms with Crippen LogP contribution < -0.4 is 5.32 Å². The molecule has 1 aromatic carbocycles. The van der Waals surface area contributed by atoms with E-state index in [1.165, 1.54) is 31.4 Å². The van der Waals surface area contributed by atoms with Crippen LogP contribution in [0, 0.1) is 11.7 Å². The summed E-state index contributed by atoms with van der Waals surface area (Å²) in [6.45, 7) is 5.03. The Balaban J connectivity index is 1.44. The number of amides is 2. The van der Waals surface area contributed by atoms with Crippen molar-refractivity contribution < 1.29 is 14.0 Å². The molecular weight excluding hydrogens is 333 g/mol. The second-order valence-corrected chi connectivity index (χ2v) is 7.51. The maximum atomic E-state index is 13.3. The molecule has 1 aliphatic heterocycles. The molecule has 0 bridgehead atoms. The van der Waals surface area contributed by atoms with Gasteiger partial charge in [0, 0.05) is 37.8 Å². The Morgan fingerprint density at radius 3 is 2.58 bits per heavy atom. The van der Waals surface area contributed by atoms with Crippen LogP contribution in [-0.4, -0.2) is 60.4 Å². The van der Waals surface area contributed by atoms with Gasteiger partial charge in [0.1, 0.15) is 5.82 Å². The van der Waals surface area contributed by atoms with Gasteiger partial charge in [0.05, 0.1) is 6.54 Å². The van der Waals surface area contributed by atoms with Gasteiger partial charge in [0.2, 0.25) is 5.91 Å². The first kappa shape index (κ1) is 18.8. The topological polar surface area (TPSA) is 52.7 Å². The number of piperazine rings is 1. The van der Waals surface area contributed by atoms with Crippen LogP contribution in [0.1, 0.15) is 43.0 Å². The third-order valence-corrected chi connectivity index (χ3v) is 5.56. The van der Waals surface area contributed by atoms with Gasteiger partial charge >= 0.3 is 0 Å². The Hall–Kier alpha value is -1.95. The van der Waals surface area contributed by atoms with Crippen molar-refractivity contribution in [2.75, 3.05) is 32.7 Å². The molecule has 1 aliphatic carbocycles. The number of carbonyl (C=O) groups excluding carboxylic acids is 2. The predicted octanol–water partition coefficient (Wildman–Crippen LogP) is 2.28. The summed E-state index contributed by atoms with van der Waals surface area (Å²) in [7, 11) is 0. The number of rotatable bonds is 4. The van der Waals surface area contributed by atoms with Crippen LogP contribution in [0.15, 0.2) is 24.3 Å². The van der Waals surface area contributed by atoms with Crippen LogP contribution in [0.5, 0.6) is 0 Å². The molecule has 5 nitrogen and oxygen atoms in total. The van der Waals surface area contributed by atoms with Gasteiger partial charge in [0.25, 0.3) is 5.91 Å². The van der Waals surface area contributed by atoms with Crippen molar-refractivity contribution in [3.05, 3.63) is 35.6 Å². The van der Waals surface area contributed by atoms with Gasteiger partial charge in [0.15, 0.2) is 0 Å². The van der Waals surface area contributed by atoms with E-state index in [-0.39, 0.29) is 11.8 Å². The SMILES string of the molecule is CC1CCCCC1NC(=O)CN1CCN(C(=O)c2cccc(F)c2)CC1. The Bertz CT molecular complexity index is 644. The summed E-state index contributed by atoms with van der Waals surface area (Å²) in [5.41, 5.74) is 0.377. The summed E-state index contributed by atoms with van der Waals surface area (Å²) in [6.07, 6.45) is 4.71. The van der Waals surface area contributed by atoms with Crippen LogP contribution in [0.2, 0.25) is 0 Å². The van der Waals surface area contributed by atoms with Crippen LogP contribution in [0.25, 0.3) is 0 Å². The van der Waals surface area contributed by atoms with E-state index >= 15 is 0 Å². The molecule has 2 atom stereocenters. The predicted molar refractivity (Wildman–Crippen MR) is 98.3 cm³/mol. The minimum Gasteiger partial charge on any atom is -0.352 e. The normalized spacial score (nSPS) is 24.3. The Morgan fingerprint density at radius 1 is 1.15 bits per heavy atom. The fourth-order valence-electron chi connectivity index (χ4n) is 3.90. The number of nitrogens with one attached hydrogen (secondary N) is 1. The lowest BCUT2D eigenvalue weighted by molar-refractivity contribution is -0.123. The van der Waals surface area contributed by atoms with E-state index in [1.807, 2.05) is 0 Å². The Morgan fingerprint density at radius 2 is 1.88 bits per heavy atom. The van der Waals surface area contributed by atoms with Gasteiger partial charge in [-0.15, -0.1) is 0 Å². The zero-order valence-electron chi connectivity index (χ0n) is 15.4. The van der Waals surface area contributed by atoms with Crippen LogP contribution in [0.3, 0.4) is 0 Å². The van der Waals surface area contributed by atoms with Gasteiger partial charge in [-0.1, -0.05) is 25.8 Å². The highest BCUT2D eigenvalue weighted by molar-refractivity contribution is 5.94. The maximum absolute atomic E-state index is 13.3. The first-order valence-corrected chi connectivity index (χ1v) is 9.59. The minimum atomic E-state index is -0.400. The number of hydrogen-bond acceptors (Lipinski definition) is 3. The van der Waals surface area contributed by atoms with Crippen molar-refractivity contribution in [3.63, 3.8) is 0 Å². The van der Waals surface area contributed by atoms with E-state index in [9.17, 15) is 14.0 Å². The molecule has 0 aromatic heterocycles. The molecule has 3 rings (SSSR count). The van der Waals surface area contributed by atoms with Gasteiger partial charge < -0.3 is 10.2 Å². The maximum Gasteiger partial charge on any atom is 0.254 e. The number of hydrogen-bond donors (Lipinski definition) is 1. The van der Waals surface area contributed by atoms with Gasteiger partial charge in [-0.2, -0.15) is 0 Å². The summed E-state index contributed by atoms with van der Waals surface area (Å²) in [4.78, 5) is 28.6. The van der Waals surface area contributed by atoms with Crippen molar-refractivity contribution in [1.82, 2.24) is 15.1 Å². The van der Waals surface area contributed by atoms with Gasteiger partial charge in [-0.3, -0.25) is 14.5 Å². The largest absolute Gasteiger partial charge is 0.352 e. The van der Waals surface area contributed by atoms with Crippen molar-refractivity contribution in [2.45, 2.75) is 38.6 Å². The second-order valence-electron chi connectivity index (χ2n) is 7.51. The molecule has 142 valence electrons. The average molecular weight is 361 g/mol. The minimum absolute atomic E-state index is 0.0775. The van der Waals surface area contributed by atoms with E-state index in [0.717, 1.165) is 6.42 Å². The fraction of sp³-hybridized carbons (Fsp3) is 0.600. The third-order valence-electron chi connectivity index (χ3n) is 5.56. The second kappa shape index (κ2) is 8.62. The number of carbonyl (C=O) groups is 2. The van der Waals surface area contributed by atoms with Crippen molar-refractivity contribution >= 4 is 11.8 Å². The van der Waals surface area contributed by atoms with Crippen molar-refractivity contribution in [1.29, 1.82) is 0 Å². The third kappa shape index (κ3) is 4.81. The van der Waals surface area contributed by atoms with Crippen LogP contribution in [-0.2, 0) is 4.79 Å². The molecule has 2 unspecified atom stereocenters. The molecule has 1 N–H and O–H groups in total. The standard InChI is InChI=1S/C20H28FN3O2/c1-15-5-2-3-8-18(15)22-19(25)14-23-9-11-24(12-10-23)20(26)16-6-4-7-17(21)13-16/h4,6-7,13,15,18H,2-3,5,8-12,14H2,1H3,(H,22,25). The molecule has 1 saturated carbocycles. The number of halogens is 1. The lowest BCUT2D eigenvalue weighted by atomic mass is 9.86. The molecule has 0 radical (unpaired) electrons. The summed E-state index contributed by atoms with van der Waals surface area (Å²) in [6, 6.07) is 6.09. The highest BCUT2D eigenvalue weighted by atomic mass is 19.1. The average Bonchev–Trinajstić information content (AvgIpc) is 2.64. The van der Waals surface area contributed by atoms with E-state index in [1.54, 1.807) is 17.0 Å². The number of nitrogens with zero attached hydrogens (tertiary/aromatic N) is 2. The van der Waals surface area contributed by atoms with Crippen molar-refractivity contribution in [3.8, 4) is 0 Å². The first-order valence-electron chi connectivity index (χ1n) is 9.59. The Kier molecular flexibility index (Phi) is 6.25. The number of benzene rings is 1. The zero-order chi connectivity index (χ0) is 18.5. The summed E-state index contributed by atoms with van der Waals surface area (Å²) in [5.74, 6) is 0.0785. The monoisotopic (exact) mass is 361 g/mol. The smallest absolute Gasteiger partial charge is 0.254 e. The molecular formula is C20H28FN3O2. The molecule has 1 heterocycles. The first-order chi connectivity index (χ1) is 12.5. The Labute approximate surface area is 154 Å². The summed E-state index contributed by atoms with van der Waals surface area (Å²) >= 11 is 0. The molecule has 1 aromatic rings. The van der Waals surface area contributed by atoms with Crippen molar-refractivity contribution in [2.24, 2.45) is 5.92 Å². The molecule has 2 aliphatic rings. The molecule has 26 heavy (non-hydrogen) atoms. The molecule has 2 amide bonds. The zero-order valence-corrected chi connectivity index (χ0v) is 15.4. The fourth-order valence-corrected chi connectivity index (χ4v) is 3.90. The van der Waals surface area contributed by atoms with E-state index in [4.69, 9.17) is 0 Å². The molecule has 2 fully saturated rings. The van der Waals surface area contributed by atoms with Gasteiger partial charge in [-0.25, -0.2) is 4.39 Å². The lowest BCUT2D eigenvalue weighted by Gasteiger charge is -2.35. The quantitative estimate of drug-likeness (QED) is 0.895. The highest BCUT2D eigenvalue weighted by Crippen LogP contribution is 2.23. The van der Waals surface area contributed by atoms with Crippen LogP contribution >= 0.6 is 0 Å². The van der Waals surface area contributed by atoms with E-state index in [2.05, 4.69) is 17.1 Å².